The smallest absolute Gasteiger partial charge is 0.0913 e. The van der Waals surface area contributed by atoms with E-state index < -0.39 is 0 Å². The van der Waals surface area contributed by atoms with Crippen LogP contribution in [0.15, 0.2) is 11.6 Å². The van der Waals surface area contributed by atoms with Gasteiger partial charge in [0, 0.05) is 33.2 Å². The van der Waals surface area contributed by atoms with E-state index in [1.807, 2.05) is 7.11 Å². The number of rotatable bonds is 6. The second-order valence-electron chi connectivity index (χ2n) is 5.79. The molecule has 0 bridgehead atoms. The van der Waals surface area contributed by atoms with E-state index in [0.717, 1.165) is 32.6 Å². The van der Waals surface area contributed by atoms with Crippen LogP contribution in [0.1, 0.15) is 51.9 Å². The fraction of sp³-hybridized carbons (Fsp3) is 0.875. The number of nitrogens with one attached hydrogen (secondary N) is 1. The maximum absolute atomic E-state index is 6.01. The van der Waals surface area contributed by atoms with Crippen LogP contribution >= 0.6 is 0 Å². The van der Waals surface area contributed by atoms with Gasteiger partial charge in [0.2, 0.25) is 0 Å². The Bertz CT molecular complexity index is 295. The molecule has 2 rings (SSSR count). The average molecular weight is 267 g/mol. The van der Waals surface area contributed by atoms with Crippen LogP contribution in [-0.2, 0) is 9.47 Å². The molecule has 1 N–H and O–H groups in total. The third kappa shape index (κ3) is 3.59. The lowest BCUT2D eigenvalue weighted by Crippen LogP contribution is -2.56. The summed E-state index contributed by atoms with van der Waals surface area (Å²) in [6.07, 6.45) is 10.8. The number of allylic oxidation sites excluding steroid dienone is 1. The van der Waals surface area contributed by atoms with Crippen molar-refractivity contribution in [1.82, 2.24) is 5.32 Å². The van der Waals surface area contributed by atoms with Crippen molar-refractivity contribution in [3.05, 3.63) is 11.6 Å². The van der Waals surface area contributed by atoms with Crippen LogP contribution in [-0.4, -0.2) is 38.5 Å². The largest absolute Gasteiger partial charge is 0.381 e. The van der Waals surface area contributed by atoms with Gasteiger partial charge in [-0.25, -0.2) is 0 Å². The van der Waals surface area contributed by atoms with Crippen LogP contribution in [0.5, 0.6) is 0 Å². The number of hydrogen-bond donors (Lipinski definition) is 1. The fourth-order valence-electron chi connectivity index (χ4n) is 3.40. The lowest BCUT2D eigenvalue weighted by molar-refractivity contribution is -0.104. The molecule has 0 aromatic heterocycles. The highest BCUT2D eigenvalue weighted by atomic mass is 16.5. The molecule has 1 unspecified atom stereocenters. The van der Waals surface area contributed by atoms with Crippen LogP contribution in [0.4, 0.5) is 0 Å². The molecule has 0 saturated carbocycles. The first kappa shape index (κ1) is 15.0. The molecule has 0 aromatic rings. The van der Waals surface area contributed by atoms with Crippen LogP contribution in [0.3, 0.4) is 0 Å². The van der Waals surface area contributed by atoms with Crippen molar-refractivity contribution >= 4 is 0 Å². The quantitative estimate of drug-likeness (QED) is 0.750. The van der Waals surface area contributed by atoms with Gasteiger partial charge in [0.05, 0.1) is 11.6 Å². The zero-order valence-corrected chi connectivity index (χ0v) is 12.5. The average Bonchev–Trinajstić information content (AvgIpc) is 2.49. The minimum absolute atomic E-state index is 0.0589. The maximum Gasteiger partial charge on any atom is 0.0913 e. The second-order valence-corrected chi connectivity index (χ2v) is 5.79. The SMILES string of the molecule is CCCNC(C1=CCCCC1)C1(OC)CCOCC1. The van der Waals surface area contributed by atoms with Gasteiger partial charge in [-0.15, -0.1) is 0 Å². The van der Waals surface area contributed by atoms with Crippen LogP contribution in [0, 0.1) is 0 Å². The van der Waals surface area contributed by atoms with Gasteiger partial charge in [-0.3, -0.25) is 0 Å². The molecular weight excluding hydrogens is 238 g/mol. The zero-order valence-electron chi connectivity index (χ0n) is 12.5. The Hall–Kier alpha value is -0.380. The summed E-state index contributed by atoms with van der Waals surface area (Å²) < 4.78 is 11.5. The summed E-state index contributed by atoms with van der Waals surface area (Å²) in [5.41, 5.74) is 1.51. The van der Waals surface area contributed by atoms with E-state index in [0.29, 0.717) is 6.04 Å². The van der Waals surface area contributed by atoms with Crippen molar-refractivity contribution in [3.63, 3.8) is 0 Å². The van der Waals surface area contributed by atoms with Gasteiger partial charge in [-0.05, 0) is 38.6 Å². The first-order valence-corrected chi connectivity index (χ1v) is 7.87. The molecule has 19 heavy (non-hydrogen) atoms. The monoisotopic (exact) mass is 267 g/mol. The van der Waals surface area contributed by atoms with Gasteiger partial charge in [-0.2, -0.15) is 0 Å². The Morgan fingerprint density at radius 3 is 2.74 bits per heavy atom. The Morgan fingerprint density at radius 2 is 2.16 bits per heavy atom. The first-order chi connectivity index (χ1) is 9.32. The molecule has 110 valence electrons. The summed E-state index contributed by atoms with van der Waals surface area (Å²) >= 11 is 0. The number of methoxy groups -OCH3 is 1. The summed E-state index contributed by atoms with van der Waals surface area (Å²) in [4.78, 5) is 0. The van der Waals surface area contributed by atoms with E-state index in [1.54, 1.807) is 5.57 Å². The number of hydrogen-bond acceptors (Lipinski definition) is 3. The van der Waals surface area contributed by atoms with Gasteiger partial charge in [0.1, 0.15) is 0 Å². The molecule has 1 atom stereocenters. The molecule has 3 nitrogen and oxygen atoms in total. The lowest BCUT2D eigenvalue weighted by atomic mass is 9.78. The number of ether oxygens (including phenoxy) is 2. The molecule has 0 radical (unpaired) electrons. The molecule has 1 aliphatic carbocycles. The van der Waals surface area contributed by atoms with E-state index in [-0.39, 0.29) is 5.60 Å². The Morgan fingerprint density at radius 1 is 1.37 bits per heavy atom. The fourth-order valence-corrected chi connectivity index (χ4v) is 3.40. The Labute approximate surface area is 117 Å². The summed E-state index contributed by atoms with van der Waals surface area (Å²) in [5, 5.41) is 3.75. The van der Waals surface area contributed by atoms with E-state index in [9.17, 15) is 0 Å². The molecule has 0 aromatic carbocycles. The second kappa shape index (κ2) is 7.41. The summed E-state index contributed by atoms with van der Waals surface area (Å²) in [5.74, 6) is 0. The van der Waals surface area contributed by atoms with Gasteiger partial charge in [0.25, 0.3) is 0 Å². The first-order valence-electron chi connectivity index (χ1n) is 7.87. The highest BCUT2D eigenvalue weighted by Gasteiger charge is 2.42. The van der Waals surface area contributed by atoms with Crippen molar-refractivity contribution in [1.29, 1.82) is 0 Å². The molecule has 1 heterocycles. The highest BCUT2D eigenvalue weighted by molar-refractivity contribution is 5.20. The summed E-state index contributed by atoms with van der Waals surface area (Å²) in [6.45, 7) is 4.94. The van der Waals surface area contributed by atoms with Crippen molar-refractivity contribution in [2.75, 3.05) is 26.9 Å². The van der Waals surface area contributed by atoms with Crippen LogP contribution in [0.25, 0.3) is 0 Å². The predicted octanol–water partition coefficient (Wildman–Crippen LogP) is 3.05. The van der Waals surface area contributed by atoms with E-state index in [2.05, 4.69) is 18.3 Å². The molecule has 0 amide bonds. The normalized spacial score (nSPS) is 24.8. The zero-order chi connectivity index (χ0) is 13.6. The molecule has 2 aliphatic rings. The molecule has 0 spiro atoms. The Kier molecular flexibility index (Phi) is 5.86. The van der Waals surface area contributed by atoms with Gasteiger partial charge >= 0.3 is 0 Å². The summed E-state index contributed by atoms with van der Waals surface area (Å²) in [7, 11) is 1.87. The molecule has 3 heteroatoms. The Balaban J connectivity index is 2.16. The molecule has 1 saturated heterocycles. The van der Waals surface area contributed by atoms with Gasteiger partial charge in [0.15, 0.2) is 0 Å². The standard InChI is InChI=1S/C16H29NO2/c1-3-11-17-15(14-7-5-4-6-8-14)16(18-2)9-12-19-13-10-16/h7,15,17H,3-6,8-13H2,1-2H3. The lowest BCUT2D eigenvalue weighted by Gasteiger charge is -2.44. The van der Waals surface area contributed by atoms with E-state index in [4.69, 9.17) is 9.47 Å². The van der Waals surface area contributed by atoms with E-state index in [1.165, 1.54) is 32.1 Å². The minimum Gasteiger partial charge on any atom is -0.381 e. The van der Waals surface area contributed by atoms with Crippen molar-refractivity contribution in [3.8, 4) is 0 Å². The minimum atomic E-state index is -0.0589. The van der Waals surface area contributed by atoms with E-state index >= 15 is 0 Å². The maximum atomic E-state index is 6.01. The highest BCUT2D eigenvalue weighted by Crippen LogP contribution is 2.35. The van der Waals surface area contributed by atoms with Crippen molar-refractivity contribution < 1.29 is 9.47 Å². The van der Waals surface area contributed by atoms with Gasteiger partial charge in [-0.1, -0.05) is 18.6 Å². The topological polar surface area (TPSA) is 30.5 Å². The third-order valence-electron chi connectivity index (χ3n) is 4.57. The third-order valence-corrected chi connectivity index (χ3v) is 4.57. The van der Waals surface area contributed by atoms with Crippen LogP contribution in [0.2, 0.25) is 0 Å². The summed E-state index contributed by atoms with van der Waals surface area (Å²) in [6, 6.07) is 0.377. The van der Waals surface area contributed by atoms with Crippen molar-refractivity contribution in [2.24, 2.45) is 0 Å². The van der Waals surface area contributed by atoms with Crippen molar-refractivity contribution in [2.45, 2.75) is 63.5 Å². The molecule has 1 fully saturated rings. The van der Waals surface area contributed by atoms with Gasteiger partial charge < -0.3 is 14.8 Å². The molecular formula is C16H29NO2. The predicted molar refractivity (Wildman–Crippen MR) is 78.4 cm³/mol. The molecule has 1 aliphatic heterocycles. The van der Waals surface area contributed by atoms with Crippen LogP contribution < -0.4 is 5.32 Å².